The van der Waals surface area contributed by atoms with Gasteiger partial charge in [-0.15, -0.1) is 0 Å². The van der Waals surface area contributed by atoms with Crippen molar-refractivity contribution < 1.29 is 16.8 Å². The number of hydrogen-bond donors (Lipinski definition) is 2. The molecule has 0 saturated carbocycles. The number of rotatable bonds is 5. The number of anilines is 1. The van der Waals surface area contributed by atoms with Gasteiger partial charge in [0.25, 0.3) is 10.0 Å². The van der Waals surface area contributed by atoms with E-state index < -0.39 is 24.6 Å². The second-order valence-corrected chi connectivity index (χ2v) is 9.23. The smallest absolute Gasteiger partial charge is 0.260 e. The predicted molar refractivity (Wildman–Crippen MR) is 71.7 cm³/mol. The van der Waals surface area contributed by atoms with Gasteiger partial charge in [0.1, 0.15) is 0 Å². The molecule has 0 atom stereocenters. The number of aromatic nitrogens is 2. The first kappa shape index (κ1) is 15.9. The first-order valence-electron chi connectivity index (χ1n) is 5.34. The molecule has 0 spiro atoms. The number of sulfonamides is 1. The van der Waals surface area contributed by atoms with Gasteiger partial charge in [-0.25, -0.2) is 26.5 Å². The Labute approximate surface area is 113 Å². The van der Waals surface area contributed by atoms with Gasteiger partial charge in [0.05, 0.1) is 11.1 Å². The zero-order chi connectivity index (χ0) is 15.1. The van der Waals surface area contributed by atoms with E-state index in [0.29, 0.717) is 0 Å². The summed E-state index contributed by atoms with van der Waals surface area (Å²) in [5.74, 6) is -0.132. The summed E-state index contributed by atoms with van der Waals surface area (Å²) in [6.07, 6.45) is 2.32. The molecule has 8 nitrogen and oxygen atoms in total. The zero-order valence-electron chi connectivity index (χ0n) is 11.2. The molecule has 0 radical (unpaired) electrons. The Kier molecular flexibility index (Phi) is 3.99. The largest absolute Gasteiger partial charge is 0.381 e. The normalized spacial score (nSPS) is 13.7. The van der Waals surface area contributed by atoms with E-state index in [2.05, 4.69) is 9.71 Å². The molecule has 1 heterocycles. The molecule has 0 unspecified atom stereocenters. The lowest BCUT2D eigenvalue weighted by Crippen LogP contribution is -2.44. The molecule has 0 aliphatic carbocycles. The van der Waals surface area contributed by atoms with Crippen LogP contribution in [0.2, 0.25) is 0 Å². The second-order valence-electron chi connectivity index (χ2n) is 4.90. The highest BCUT2D eigenvalue weighted by Gasteiger charge is 2.33. The van der Waals surface area contributed by atoms with Gasteiger partial charge in [0, 0.05) is 19.8 Å². The van der Waals surface area contributed by atoms with E-state index in [4.69, 9.17) is 5.73 Å². The predicted octanol–water partition coefficient (Wildman–Crippen LogP) is -0.896. The number of sulfone groups is 1. The number of nitrogens with zero attached hydrogens (tertiary/aromatic N) is 2. The standard InChI is InChI=1S/C9H18N4O4S2/c1-9(2,18(4,14)15)5-12-19(16,17)8-7(10)11-6-13(8)3/h6,12H,5,10H2,1-4H3. The van der Waals surface area contributed by atoms with Crippen LogP contribution in [0.4, 0.5) is 5.82 Å². The number of nitrogen functional groups attached to an aromatic ring is 1. The Hall–Kier alpha value is -1.13. The molecule has 0 saturated heterocycles. The molecule has 110 valence electrons. The fourth-order valence-corrected chi connectivity index (χ4v) is 3.10. The molecular formula is C9H18N4O4S2. The first-order valence-corrected chi connectivity index (χ1v) is 8.72. The Bertz CT molecular complexity index is 654. The van der Waals surface area contributed by atoms with Crippen molar-refractivity contribution >= 4 is 25.7 Å². The summed E-state index contributed by atoms with van der Waals surface area (Å²) in [5, 5.41) is -0.184. The van der Waals surface area contributed by atoms with E-state index in [0.717, 1.165) is 6.26 Å². The fourth-order valence-electron chi connectivity index (χ4n) is 1.23. The molecule has 3 N–H and O–H groups in total. The maximum absolute atomic E-state index is 12.1. The van der Waals surface area contributed by atoms with Crippen molar-refractivity contribution in [1.82, 2.24) is 14.3 Å². The van der Waals surface area contributed by atoms with Crippen molar-refractivity contribution in [1.29, 1.82) is 0 Å². The molecule has 0 aliphatic rings. The Balaban J connectivity index is 3.02. The van der Waals surface area contributed by atoms with Gasteiger partial charge in [-0.3, -0.25) is 0 Å². The number of imidazole rings is 1. The van der Waals surface area contributed by atoms with Crippen LogP contribution in [0.5, 0.6) is 0 Å². The van der Waals surface area contributed by atoms with Crippen LogP contribution < -0.4 is 10.5 Å². The molecular weight excluding hydrogens is 292 g/mol. The summed E-state index contributed by atoms with van der Waals surface area (Å²) < 4.78 is 49.4. The summed E-state index contributed by atoms with van der Waals surface area (Å²) in [6.45, 7) is 2.63. The average Bonchev–Trinajstić information content (AvgIpc) is 2.55. The van der Waals surface area contributed by atoms with Crippen LogP contribution in [0.25, 0.3) is 0 Å². The minimum Gasteiger partial charge on any atom is -0.381 e. The van der Waals surface area contributed by atoms with Crippen molar-refractivity contribution in [3.05, 3.63) is 6.33 Å². The van der Waals surface area contributed by atoms with Gasteiger partial charge in [-0.2, -0.15) is 0 Å². The van der Waals surface area contributed by atoms with E-state index in [-0.39, 0.29) is 17.4 Å². The Morgan fingerprint density at radius 3 is 2.26 bits per heavy atom. The summed E-state index contributed by atoms with van der Waals surface area (Å²) in [4.78, 5) is 3.68. The van der Waals surface area contributed by atoms with Gasteiger partial charge >= 0.3 is 0 Å². The zero-order valence-corrected chi connectivity index (χ0v) is 12.8. The summed E-state index contributed by atoms with van der Waals surface area (Å²) >= 11 is 0. The Morgan fingerprint density at radius 2 is 1.89 bits per heavy atom. The van der Waals surface area contributed by atoms with Gasteiger partial charge in [-0.1, -0.05) is 0 Å². The highest BCUT2D eigenvalue weighted by molar-refractivity contribution is 7.92. The number of hydrogen-bond acceptors (Lipinski definition) is 6. The third-order valence-corrected chi connectivity index (χ3v) is 6.54. The minimum absolute atomic E-state index is 0.132. The number of nitrogens with one attached hydrogen (secondary N) is 1. The molecule has 19 heavy (non-hydrogen) atoms. The van der Waals surface area contributed by atoms with Crippen LogP contribution in [0.15, 0.2) is 11.4 Å². The van der Waals surface area contributed by atoms with E-state index in [9.17, 15) is 16.8 Å². The summed E-state index contributed by atoms with van der Waals surface area (Å²) in [5.41, 5.74) is 5.48. The third-order valence-electron chi connectivity index (χ3n) is 2.86. The van der Waals surface area contributed by atoms with Gasteiger partial charge in [-0.05, 0) is 13.8 Å². The molecule has 1 rings (SSSR count). The van der Waals surface area contributed by atoms with E-state index in [1.807, 2.05) is 0 Å². The Morgan fingerprint density at radius 1 is 1.37 bits per heavy atom. The fraction of sp³-hybridized carbons (Fsp3) is 0.667. The summed E-state index contributed by atoms with van der Waals surface area (Å²) in [6, 6.07) is 0. The van der Waals surface area contributed by atoms with Crippen LogP contribution in [0, 0.1) is 0 Å². The third kappa shape index (κ3) is 3.25. The van der Waals surface area contributed by atoms with Crippen molar-refractivity contribution in [2.75, 3.05) is 18.5 Å². The first-order chi connectivity index (χ1) is 8.38. The van der Waals surface area contributed by atoms with Gasteiger partial charge < -0.3 is 10.3 Å². The van der Waals surface area contributed by atoms with Gasteiger partial charge in [0.2, 0.25) is 0 Å². The molecule has 1 aromatic heterocycles. The van der Waals surface area contributed by atoms with E-state index >= 15 is 0 Å². The van der Waals surface area contributed by atoms with Crippen molar-refractivity contribution in [2.45, 2.75) is 23.6 Å². The highest BCUT2D eigenvalue weighted by Crippen LogP contribution is 2.18. The molecule has 0 amide bonds. The highest BCUT2D eigenvalue weighted by atomic mass is 32.2. The second kappa shape index (κ2) is 4.76. The molecule has 10 heteroatoms. The maximum Gasteiger partial charge on any atom is 0.260 e. The van der Waals surface area contributed by atoms with Crippen LogP contribution in [0.3, 0.4) is 0 Å². The quantitative estimate of drug-likeness (QED) is 0.726. The SMILES string of the molecule is Cn1cnc(N)c1S(=O)(=O)NCC(C)(C)S(C)(=O)=O. The van der Waals surface area contributed by atoms with E-state index in [1.165, 1.54) is 31.8 Å². The lowest BCUT2D eigenvalue weighted by atomic mass is 10.2. The van der Waals surface area contributed by atoms with Crippen molar-refractivity contribution in [2.24, 2.45) is 7.05 Å². The average molecular weight is 310 g/mol. The molecule has 0 aliphatic heterocycles. The lowest BCUT2D eigenvalue weighted by Gasteiger charge is -2.22. The molecule has 0 bridgehead atoms. The van der Waals surface area contributed by atoms with Crippen molar-refractivity contribution in [3.8, 4) is 0 Å². The monoisotopic (exact) mass is 310 g/mol. The van der Waals surface area contributed by atoms with Crippen molar-refractivity contribution in [3.63, 3.8) is 0 Å². The molecule has 1 aromatic rings. The number of nitrogens with two attached hydrogens (primary N) is 1. The molecule has 0 aromatic carbocycles. The maximum atomic E-state index is 12.1. The van der Waals surface area contributed by atoms with Crippen LogP contribution in [-0.4, -0.2) is 43.9 Å². The topological polar surface area (TPSA) is 124 Å². The van der Waals surface area contributed by atoms with E-state index in [1.54, 1.807) is 0 Å². The van der Waals surface area contributed by atoms with Crippen LogP contribution in [0.1, 0.15) is 13.8 Å². The van der Waals surface area contributed by atoms with Crippen LogP contribution in [-0.2, 0) is 26.9 Å². The minimum atomic E-state index is -3.91. The molecule has 0 fully saturated rings. The van der Waals surface area contributed by atoms with Crippen LogP contribution >= 0.6 is 0 Å². The van der Waals surface area contributed by atoms with Gasteiger partial charge in [0.15, 0.2) is 20.7 Å². The summed E-state index contributed by atoms with van der Waals surface area (Å²) in [7, 11) is -5.82. The number of aryl methyl sites for hydroxylation is 1. The lowest BCUT2D eigenvalue weighted by molar-refractivity contribution is 0.534.